The molecule has 0 aliphatic heterocycles. The van der Waals surface area contributed by atoms with Crippen molar-refractivity contribution in [2.24, 2.45) is 0 Å². The molecule has 0 amide bonds. The lowest BCUT2D eigenvalue weighted by atomic mass is 10.4. The molecule has 0 radical (unpaired) electrons. The predicted molar refractivity (Wildman–Crippen MR) is 55.4 cm³/mol. The van der Waals surface area contributed by atoms with E-state index in [9.17, 15) is 0 Å². The second-order valence-electron chi connectivity index (χ2n) is 1.79. The van der Waals surface area contributed by atoms with Crippen molar-refractivity contribution < 1.29 is 0 Å². The van der Waals surface area contributed by atoms with Gasteiger partial charge in [0.05, 0.1) is 15.1 Å². The molecular formula is C6H2Cl3PS. The van der Waals surface area contributed by atoms with Crippen molar-refractivity contribution in [3.05, 3.63) is 27.2 Å². The molecule has 11 heavy (non-hydrogen) atoms. The van der Waals surface area contributed by atoms with Crippen LogP contribution in [-0.4, -0.2) is 0 Å². The van der Waals surface area contributed by atoms with Crippen molar-refractivity contribution in [1.82, 2.24) is 0 Å². The fourth-order valence-electron chi connectivity index (χ4n) is 0.586. The van der Waals surface area contributed by atoms with Crippen LogP contribution < -0.4 is 5.30 Å². The second kappa shape index (κ2) is 4.02. The molecule has 0 heterocycles. The summed E-state index contributed by atoms with van der Waals surface area (Å²) >= 11 is 22.0. The molecule has 58 valence electrons. The first-order chi connectivity index (χ1) is 5.16. The summed E-state index contributed by atoms with van der Waals surface area (Å²) in [5, 5.41) is 2.11. The SMILES string of the molecule is S=Pc1ccc(Cl)c(Cl)c1Cl. The van der Waals surface area contributed by atoms with Gasteiger partial charge in [-0.15, -0.1) is 0 Å². The Morgan fingerprint density at radius 3 is 2.27 bits per heavy atom. The Kier molecular flexibility index (Phi) is 3.54. The molecule has 0 aliphatic carbocycles. The maximum absolute atomic E-state index is 5.81. The molecule has 1 aromatic carbocycles. The van der Waals surface area contributed by atoms with Gasteiger partial charge in [0, 0.05) is 12.7 Å². The van der Waals surface area contributed by atoms with Gasteiger partial charge in [-0.1, -0.05) is 46.6 Å². The monoisotopic (exact) mass is 242 g/mol. The molecule has 0 spiro atoms. The summed E-state index contributed by atoms with van der Waals surface area (Å²) in [5.41, 5.74) is 0. The van der Waals surface area contributed by atoms with Gasteiger partial charge >= 0.3 is 0 Å². The van der Waals surface area contributed by atoms with Crippen molar-refractivity contribution in [2.75, 3.05) is 0 Å². The van der Waals surface area contributed by atoms with Gasteiger partial charge in [-0.2, -0.15) is 0 Å². The second-order valence-corrected chi connectivity index (χ2v) is 4.16. The Balaban J connectivity index is 3.36. The minimum absolute atomic E-state index is 0.378. The Morgan fingerprint density at radius 2 is 1.73 bits per heavy atom. The largest absolute Gasteiger partial charge is 0.0827 e. The topological polar surface area (TPSA) is 0 Å². The standard InChI is InChI=1S/C6H2Cl3PS/c7-3-1-2-4(10-11)6(9)5(3)8/h1-2H. The summed E-state index contributed by atoms with van der Waals surface area (Å²) in [6, 6.07) is 3.45. The number of hydrogen-bond donors (Lipinski definition) is 0. The summed E-state index contributed by atoms with van der Waals surface area (Å²) < 4.78 is 0. The summed E-state index contributed by atoms with van der Waals surface area (Å²) in [6.07, 6.45) is 0. The third-order valence-corrected chi connectivity index (χ3v) is 3.70. The van der Waals surface area contributed by atoms with Crippen molar-refractivity contribution >= 4 is 59.3 Å². The zero-order valence-electron chi connectivity index (χ0n) is 5.14. The Morgan fingerprint density at radius 1 is 1.09 bits per heavy atom. The van der Waals surface area contributed by atoms with E-state index in [2.05, 4.69) is 0 Å². The number of benzene rings is 1. The van der Waals surface area contributed by atoms with Gasteiger partial charge in [-0.05, 0) is 12.1 Å². The van der Waals surface area contributed by atoms with Gasteiger partial charge in [-0.3, -0.25) is 0 Å². The van der Waals surface area contributed by atoms with Crippen LogP contribution in [0, 0.1) is 0 Å². The molecule has 0 aromatic heterocycles. The lowest BCUT2D eigenvalue weighted by Gasteiger charge is -2.00. The van der Waals surface area contributed by atoms with Crippen molar-refractivity contribution in [3.63, 3.8) is 0 Å². The van der Waals surface area contributed by atoms with Crippen molar-refractivity contribution in [1.29, 1.82) is 0 Å². The number of hydrogen-bond acceptors (Lipinski definition) is 1. The molecule has 1 aromatic rings. The highest BCUT2D eigenvalue weighted by Gasteiger charge is 2.06. The zero-order valence-corrected chi connectivity index (χ0v) is 9.12. The van der Waals surface area contributed by atoms with E-state index in [1.54, 1.807) is 12.1 Å². The van der Waals surface area contributed by atoms with Crippen LogP contribution in [0.3, 0.4) is 0 Å². The highest BCUT2D eigenvalue weighted by Crippen LogP contribution is 2.29. The van der Waals surface area contributed by atoms with Crippen molar-refractivity contribution in [3.8, 4) is 0 Å². The number of rotatable bonds is 1. The Bertz CT molecular complexity index is 300. The van der Waals surface area contributed by atoms with Gasteiger partial charge in [0.1, 0.15) is 0 Å². The summed E-state index contributed by atoms with van der Waals surface area (Å²) in [6.45, 7) is 0. The molecule has 0 aliphatic rings. The fraction of sp³-hybridized carbons (Fsp3) is 0. The van der Waals surface area contributed by atoms with E-state index in [0.717, 1.165) is 5.30 Å². The lowest BCUT2D eigenvalue weighted by molar-refractivity contribution is 1.76. The van der Waals surface area contributed by atoms with E-state index in [1.807, 2.05) is 0 Å². The minimum Gasteiger partial charge on any atom is -0.0827 e. The lowest BCUT2D eigenvalue weighted by Crippen LogP contribution is -1.93. The molecule has 5 heteroatoms. The minimum atomic E-state index is 0.378. The molecule has 0 saturated carbocycles. The first-order valence-electron chi connectivity index (χ1n) is 2.63. The molecule has 0 bridgehead atoms. The van der Waals surface area contributed by atoms with Crippen LogP contribution in [-0.2, 0) is 11.8 Å². The molecular weight excluding hydrogens is 241 g/mol. The quantitative estimate of drug-likeness (QED) is 0.535. The van der Waals surface area contributed by atoms with Gasteiger partial charge in [0.2, 0.25) is 0 Å². The van der Waals surface area contributed by atoms with E-state index >= 15 is 0 Å². The van der Waals surface area contributed by atoms with Gasteiger partial charge in [0.15, 0.2) is 0 Å². The van der Waals surface area contributed by atoms with Crippen LogP contribution in [0.1, 0.15) is 0 Å². The molecule has 1 rings (SSSR count). The average molecular weight is 243 g/mol. The molecule has 0 saturated heterocycles. The van der Waals surface area contributed by atoms with Crippen LogP contribution in [0.15, 0.2) is 12.1 Å². The van der Waals surface area contributed by atoms with Crippen molar-refractivity contribution in [2.45, 2.75) is 0 Å². The normalized spacial score (nSPS) is 10.5. The highest BCUT2D eigenvalue weighted by atomic mass is 35.5. The number of halogens is 3. The zero-order chi connectivity index (χ0) is 8.43. The van der Waals surface area contributed by atoms with Gasteiger partial charge < -0.3 is 0 Å². The van der Waals surface area contributed by atoms with E-state index < -0.39 is 0 Å². The van der Waals surface area contributed by atoms with Crippen LogP contribution >= 0.6 is 42.2 Å². The molecule has 0 atom stereocenters. The third-order valence-electron chi connectivity index (χ3n) is 1.11. The predicted octanol–water partition coefficient (Wildman–Crippen LogP) is 3.68. The summed E-state index contributed by atoms with van der Waals surface area (Å²) in [7, 11) is 0.678. The average Bonchev–Trinajstić information content (AvgIpc) is 2.01. The summed E-state index contributed by atoms with van der Waals surface area (Å²) in [5.74, 6) is 0. The molecule has 0 unspecified atom stereocenters. The Labute approximate surface area is 86.3 Å². The maximum Gasteiger partial charge on any atom is 0.0788 e. The van der Waals surface area contributed by atoms with E-state index in [-0.39, 0.29) is 0 Å². The van der Waals surface area contributed by atoms with Gasteiger partial charge in [0.25, 0.3) is 0 Å². The molecule has 0 nitrogen and oxygen atoms in total. The van der Waals surface area contributed by atoms with Crippen LogP contribution in [0.2, 0.25) is 15.1 Å². The Hall–Kier alpha value is 0.610. The highest BCUT2D eigenvalue weighted by molar-refractivity contribution is 7.99. The van der Waals surface area contributed by atoms with E-state index in [0.29, 0.717) is 22.4 Å². The van der Waals surface area contributed by atoms with Crippen LogP contribution in [0.4, 0.5) is 0 Å². The van der Waals surface area contributed by atoms with E-state index in [4.69, 9.17) is 46.6 Å². The first kappa shape index (κ1) is 9.70. The van der Waals surface area contributed by atoms with Crippen LogP contribution in [0.25, 0.3) is 0 Å². The van der Waals surface area contributed by atoms with Gasteiger partial charge in [-0.25, -0.2) is 0 Å². The smallest absolute Gasteiger partial charge is 0.0788 e. The fourth-order valence-corrected chi connectivity index (χ4v) is 2.25. The first-order valence-corrected chi connectivity index (χ1v) is 5.68. The molecule has 0 fully saturated rings. The maximum atomic E-state index is 5.81. The summed E-state index contributed by atoms with van der Waals surface area (Å²) in [4.78, 5) is 0. The third kappa shape index (κ3) is 2.05. The molecule has 0 N–H and O–H groups in total. The van der Waals surface area contributed by atoms with E-state index in [1.165, 1.54) is 0 Å². The van der Waals surface area contributed by atoms with Crippen LogP contribution in [0.5, 0.6) is 0 Å².